The Morgan fingerprint density at radius 2 is 2.08 bits per heavy atom. The number of likely N-dealkylation sites (N-methyl/N-ethyl adjacent to an activating group) is 1. The smallest absolute Gasteiger partial charge is 0.216 e. The fourth-order valence-electron chi connectivity index (χ4n) is 2.40. The number of nitrogens with zero attached hydrogens (tertiary/aromatic N) is 2. The molecular formula is C18H19F2N3O2. The highest BCUT2D eigenvalue weighted by atomic mass is 19.1. The van der Waals surface area contributed by atoms with E-state index in [4.69, 9.17) is 9.47 Å². The van der Waals surface area contributed by atoms with Crippen LogP contribution >= 0.6 is 0 Å². The number of pyridine rings is 1. The second-order valence-electron chi connectivity index (χ2n) is 6.02. The summed E-state index contributed by atoms with van der Waals surface area (Å²) >= 11 is 0. The van der Waals surface area contributed by atoms with E-state index >= 15 is 0 Å². The Kier molecular flexibility index (Phi) is 4.85. The van der Waals surface area contributed by atoms with Crippen molar-refractivity contribution in [2.45, 2.75) is 19.2 Å². The first kappa shape index (κ1) is 17.2. The molecule has 0 fully saturated rings. The van der Waals surface area contributed by atoms with Crippen molar-refractivity contribution in [1.82, 2.24) is 15.2 Å². The Bertz CT molecular complexity index is 785. The van der Waals surface area contributed by atoms with Gasteiger partial charge in [0.25, 0.3) is 0 Å². The molecular weight excluding hydrogens is 328 g/mol. The summed E-state index contributed by atoms with van der Waals surface area (Å²) in [6.45, 7) is 2.72. The summed E-state index contributed by atoms with van der Waals surface area (Å²) in [5, 5.41) is 3.21. The topological polar surface area (TPSA) is 46.6 Å². The van der Waals surface area contributed by atoms with E-state index in [1.54, 1.807) is 6.07 Å². The Hall–Kier alpha value is -2.67. The summed E-state index contributed by atoms with van der Waals surface area (Å²) in [4.78, 5) is 5.44. The number of aromatic nitrogens is 1. The zero-order valence-corrected chi connectivity index (χ0v) is 14.0. The number of halogens is 2. The fraction of sp³-hybridized carbons (Fsp3) is 0.278. The van der Waals surface area contributed by atoms with Crippen molar-refractivity contribution < 1.29 is 18.3 Å². The average molecular weight is 347 g/mol. The zero-order valence-electron chi connectivity index (χ0n) is 14.0. The van der Waals surface area contributed by atoms with Crippen molar-refractivity contribution in [3.05, 3.63) is 66.3 Å². The Morgan fingerprint density at radius 3 is 2.76 bits per heavy atom. The molecule has 7 heteroatoms. The van der Waals surface area contributed by atoms with Crippen LogP contribution in [0.2, 0.25) is 0 Å². The first-order chi connectivity index (χ1) is 12.0. The average Bonchev–Trinajstić information content (AvgIpc) is 2.89. The number of hydrogen-bond donors (Lipinski definition) is 1. The Balaban J connectivity index is 1.58. The molecule has 0 aliphatic carbocycles. The number of nitrogens with one attached hydrogen (secondary N) is 1. The lowest BCUT2D eigenvalue weighted by Gasteiger charge is -2.33. The van der Waals surface area contributed by atoms with Gasteiger partial charge in [-0.1, -0.05) is 6.07 Å². The van der Waals surface area contributed by atoms with Crippen molar-refractivity contribution in [2.75, 3.05) is 13.7 Å². The highest BCUT2D eigenvalue weighted by Gasteiger charge is 2.29. The number of benzene rings is 1. The number of hydrogen-bond acceptors (Lipinski definition) is 5. The van der Waals surface area contributed by atoms with Gasteiger partial charge in [0.2, 0.25) is 5.95 Å². The number of ether oxygens (including phenoxy) is 2. The SMILES string of the molecule is CN1C=CNC1(C)COCc1ccc(Oc2ccnc(F)c2)c(F)c1. The molecule has 3 rings (SSSR count). The first-order valence-corrected chi connectivity index (χ1v) is 7.79. The van der Waals surface area contributed by atoms with Crippen molar-refractivity contribution in [2.24, 2.45) is 0 Å². The van der Waals surface area contributed by atoms with Crippen LogP contribution in [0.1, 0.15) is 12.5 Å². The second kappa shape index (κ2) is 7.06. The van der Waals surface area contributed by atoms with Gasteiger partial charge in [0.1, 0.15) is 11.4 Å². The maximum atomic E-state index is 14.2. The molecule has 0 amide bonds. The normalized spacial score (nSPS) is 19.1. The van der Waals surface area contributed by atoms with Gasteiger partial charge < -0.3 is 19.7 Å². The molecule has 1 aromatic carbocycles. The van der Waals surface area contributed by atoms with Gasteiger partial charge in [-0.3, -0.25) is 0 Å². The van der Waals surface area contributed by atoms with Crippen LogP contribution < -0.4 is 10.1 Å². The van der Waals surface area contributed by atoms with E-state index in [1.807, 2.05) is 31.3 Å². The van der Waals surface area contributed by atoms with E-state index in [9.17, 15) is 8.78 Å². The van der Waals surface area contributed by atoms with Crippen molar-refractivity contribution in [3.63, 3.8) is 0 Å². The molecule has 5 nitrogen and oxygen atoms in total. The predicted molar refractivity (Wildman–Crippen MR) is 88.8 cm³/mol. The van der Waals surface area contributed by atoms with Gasteiger partial charge in [0.05, 0.1) is 13.2 Å². The minimum absolute atomic E-state index is 0.0164. The summed E-state index contributed by atoms with van der Waals surface area (Å²) < 4.78 is 38.3. The van der Waals surface area contributed by atoms with Gasteiger partial charge in [-0.15, -0.1) is 0 Å². The van der Waals surface area contributed by atoms with Gasteiger partial charge in [-0.25, -0.2) is 9.37 Å². The maximum Gasteiger partial charge on any atom is 0.216 e. The van der Waals surface area contributed by atoms with E-state index in [-0.39, 0.29) is 23.8 Å². The van der Waals surface area contributed by atoms with Gasteiger partial charge >= 0.3 is 0 Å². The van der Waals surface area contributed by atoms with Crippen LogP contribution in [-0.2, 0) is 11.3 Å². The molecule has 0 bridgehead atoms. The van der Waals surface area contributed by atoms with Crippen LogP contribution in [0.5, 0.6) is 11.5 Å². The summed E-state index contributed by atoms with van der Waals surface area (Å²) in [6, 6.07) is 7.10. The van der Waals surface area contributed by atoms with Gasteiger partial charge in [-0.05, 0) is 30.7 Å². The Labute approximate surface area is 144 Å². The fourth-order valence-corrected chi connectivity index (χ4v) is 2.40. The van der Waals surface area contributed by atoms with Crippen LogP contribution in [0.25, 0.3) is 0 Å². The lowest BCUT2D eigenvalue weighted by molar-refractivity contribution is 0.0231. The van der Waals surface area contributed by atoms with Crippen molar-refractivity contribution in [3.8, 4) is 11.5 Å². The summed E-state index contributed by atoms with van der Waals surface area (Å²) in [5.74, 6) is -1.02. The molecule has 0 saturated carbocycles. The van der Waals surface area contributed by atoms with E-state index in [1.165, 1.54) is 24.4 Å². The van der Waals surface area contributed by atoms with Gasteiger partial charge in [-0.2, -0.15) is 4.39 Å². The Morgan fingerprint density at radius 1 is 1.24 bits per heavy atom. The highest BCUT2D eigenvalue weighted by molar-refractivity contribution is 5.33. The van der Waals surface area contributed by atoms with E-state index < -0.39 is 11.8 Å². The highest BCUT2D eigenvalue weighted by Crippen LogP contribution is 2.25. The molecule has 1 unspecified atom stereocenters. The summed E-state index contributed by atoms with van der Waals surface area (Å²) in [6.07, 6.45) is 5.04. The number of rotatable bonds is 6. The maximum absolute atomic E-state index is 14.2. The van der Waals surface area contributed by atoms with Crippen molar-refractivity contribution in [1.29, 1.82) is 0 Å². The molecule has 0 spiro atoms. The molecule has 132 valence electrons. The monoisotopic (exact) mass is 347 g/mol. The molecule has 1 N–H and O–H groups in total. The summed E-state index contributed by atoms with van der Waals surface area (Å²) in [7, 11) is 1.95. The van der Waals surface area contributed by atoms with Gasteiger partial charge in [0, 0.05) is 31.7 Å². The quantitative estimate of drug-likeness (QED) is 0.812. The molecule has 1 aliphatic heterocycles. The van der Waals surface area contributed by atoms with Crippen LogP contribution in [0.15, 0.2) is 48.9 Å². The molecule has 2 heterocycles. The first-order valence-electron chi connectivity index (χ1n) is 7.79. The zero-order chi connectivity index (χ0) is 17.9. The third kappa shape index (κ3) is 4.06. The van der Waals surface area contributed by atoms with E-state index in [2.05, 4.69) is 10.3 Å². The van der Waals surface area contributed by atoms with Gasteiger partial charge in [0.15, 0.2) is 11.6 Å². The second-order valence-corrected chi connectivity index (χ2v) is 6.02. The minimum atomic E-state index is -0.684. The summed E-state index contributed by atoms with van der Waals surface area (Å²) in [5.41, 5.74) is 0.371. The molecule has 1 aliphatic rings. The molecule has 0 saturated heterocycles. The standard InChI is InChI=1S/C18H19F2N3O2/c1-18(22-7-8-23(18)2)12-24-11-13-3-4-16(15(19)9-13)25-14-5-6-21-17(20)10-14/h3-10,22H,11-12H2,1-2H3. The van der Waals surface area contributed by atoms with Crippen LogP contribution in [0.3, 0.4) is 0 Å². The van der Waals surface area contributed by atoms with Crippen LogP contribution in [0.4, 0.5) is 8.78 Å². The molecule has 2 aromatic rings. The molecule has 25 heavy (non-hydrogen) atoms. The van der Waals surface area contributed by atoms with E-state index in [0.29, 0.717) is 12.2 Å². The molecule has 1 atom stereocenters. The minimum Gasteiger partial charge on any atom is -0.454 e. The predicted octanol–water partition coefficient (Wildman–Crippen LogP) is 3.39. The lowest BCUT2D eigenvalue weighted by atomic mass is 10.2. The van der Waals surface area contributed by atoms with Crippen LogP contribution in [0, 0.1) is 11.8 Å². The molecule has 1 aromatic heterocycles. The largest absolute Gasteiger partial charge is 0.454 e. The third-order valence-corrected chi connectivity index (χ3v) is 4.04. The van der Waals surface area contributed by atoms with Crippen molar-refractivity contribution >= 4 is 0 Å². The van der Waals surface area contributed by atoms with Crippen LogP contribution in [-0.4, -0.2) is 29.2 Å². The van der Waals surface area contributed by atoms with E-state index in [0.717, 1.165) is 6.07 Å². The molecule has 0 radical (unpaired) electrons. The third-order valence-electron chi connectivity index (χ3n) is 4.04. The lowest BCUT2D eigenvalue weighted by Crippen LogP contribution is -2.50.